The van der Waals surface area contributed by atoms with E-state index in [9.17, 15) is 5.11 Å². The highest BCUT2D eigenvalue weighted by molar-refractivity contribution is 5.17. The monoisotopic (exact) mass is 195 g/mol. The van der Waals surface area contributed by atoms with E-state index < -0.39 is 0 Å². The molecule has 1 N–H and O–H groups in total. The topological polar surface area (TPSA) is 25.2 Å². The third kappa shape index (κ3) is 2.18. The molecule has 1 atom stereocenters. The third-order valence-electron chi connectivity index (χ3n) is 2.79. The highest BCUT2D eigenvalue weighted by atomic mass is 16.3. The summed E-state index contributed by atoms with van der Waals surface area (Å²) >= 11 is 0. The SMILES string of the molecule is CCCc1ccc(CO)n1[C@H](C)CC. The first kappa shape index (κ1) is 11.3. The molecule has 14 heavy (non-hydrogen) atoms. The molecule has 1 rings (SSSR count). The first-order valence-electron chi connectivity index (χ1n) is 5.54. The summed E-state index contributed by atoms with van der Waals surface area (Å²) in [6, 6.07) is 4.67. The van der Waals surface area contributed by atoms with Gasteiger partial charge in [-0.3, -0.25) is 0 Å². The van der Waals surface area contributed by atoms with Crippen molar-refractivity contribution in [3.63, 3.8) is 0 Å². The summed E-state index contributed by atoms with van der Waals surface area (Å²) in [5.41, 5.74) is 2.40. The van der Waals surface area contributed by atoms with Crippen molar-refractivity contribution in [1.82, 2.24) is 4.57 Å². The zero-order valence-corrected chi connectivity index (χ0v) is 9.45. The van der Waals surface area contributed by atoms with Crippen molar-refractivity contribution in [2.45, 2.75) is 52.7 Å². The summed E-state index contributed by atoms with van der Waals surface area (Å²) < 4.78 is 2.28. The molecule has 2 heteroatoms. The van der Waals surface area contributed by atoms with E-state index in [1.165, 1.54) is 5.69 Å². The Morgan fingerprint density at radius 3 is 2.43 bits per heavy atom. The van der Waals surface area contributed by atoms with Crippen LogP contribution in [0.2, 0.25) is 0 Å². The molecule has 0 bridgehead atoms. The highest BCUT2D eigenvalue weighted by Crippen LogP contribution is 2.20. The quantitative estimate of drug-likeness (QED) is 0.768. The first-order chi connectivity index (χ1) is 6.74. The number of aliphatic hydroxyl groups is 1. The van der Waals surface area contributed by atoms with Crippen LogP contribution >= 0.6 is 0 Å². The van der Waals surface area contributed by atoms with E-state index >= 15 is 0 Å². The van der Waals surface area contributed by atoms with Crippen molar-refractivity contribution < 1.29 is 5.11 Å². The van der Waals surface area contributed by atoms with Crippen LogP contribution in [0.3, 0.4) is 0 Å². The highest BCUT2D eigenvalue weighted by Gasteiger charge is 2.11. The predicted octanol–water partition coefficient (Wildman–Crippen LogP) is 2.90. The van der Waals surface area contributed by atoms with Gasteiger partial charge in [0.05, 0.1) is 6.61 Å². The van der Waals surface area contributed by atoms with Crippen molar-refractivity contribution in [2.75, 3.05) is 0 Å². The molecule has 1 aromatic heterocycles. The largest absolute Gasteiger partial charge is 0.390 e. The lowest BCUT2D eigenvalue weighted by Crippen LogP contribution is -2.11. The lowest BCUT2D eigenvalue weighted by Gasteiger charge is -2.18. The molecule has 0 radical (unpaired) electrons. The van der Waals surface area contributed by atoms with Gasteiger partial charge >= 0.3 is 0 Å². The zero-order valence-electron chi connectivity index (χ0n) is 9.45. The molecule has 0 saturated carbocycles. The van der Waals surface area contributed by atoms with Crippen LogP contribution in [0.1, 0.15) is 51.0 Å². The number of aliphatic hydroxyl groups excluding tert-OH is 1. The normalized spacial score (nSPS) is 13.1. The smallest absolute Gasteiger partial charge is 0.0833 e. The Labute approximate surface area is 86.6 Å². The molecule has 0 spiro atoms. The van der Waals surface area contributed by atoms with Gasteiger partial charge in [-0.2, -0.15) is 0 Å². The Morgan fingerprint density at radius 2 is 1.93 bits per heavy atom. The minimum Gasteiger partial charge on any atom is -0.390 e. The molecule has 1 heterocycles. The van der Waals surface area contributed by atoms with Crippen molar-refractivity contribution >= 4 is 0 Å². The van der Waals surface area contributed by atoms with E-state index in [1.54, 1.807) is 0 Å². The number of hydrogen-bond donors (Lipinski definition) is 1. The Balaban J connectivity index is 2.99. The number of nitrogens with zero attached hydrogens (tertiary/aromatic N) is 1. The van der Waals surface area contributed by atoms with Gasteiger partial charge in [0.15, 0.2) is 0 Å². The molecule has 1 aromatic rings. The Hall–Kier alpha value is -0.760. The van der Waals surface area contributed by atoms with Crippen molar-refractivity contribution in [3.8, 4) is 0 Å². The van der Waals surface area contributed by atoms with E-state index in [-0.39, 0.29) is 6.61 Å². The van der Waals surface area contributed by atoms with E-state index in [2.05, 4.69) is 31.4 Å². The fraction of sp³-hybridized carbons (Fsp3) is 0.667. The maximum atomic E-state index is 9.22. The third-order valence-corrected chi connectivity index (χ3v) is 2.79. The second-order valence-electron chi connectivity index (χ2n) is 3.85. The number of hydrogen-bond acceptors (Lipinski definition) is 1. The van der Waals surface area contributed by atoms with Gasteiger partial charge in [-0.1, -0.05) is 20.3 Å². The van der Waals surface area contributed by atoms with Gasteiger partial charge in [0.2, 0.25) is 0 Å². The van der Waals surface area contributed by atoms with E-state index in [1.807, 2.05) is 6.07 Å². The molecular weight excluding hydrogens is 174 g/mol. The van der Waals surface area contributed by atoms with Gasteiger partial charge < -0.3 is 9.67 Å². The van der Waals surface area contributed by atoms with Crippen LogP contribution in [-0.2, 0) is 13.0 Å². The second kappa shape index (κ2) is 5.20. The first-order valence-corrected chi connectivity index (χ1v) is 5.54. The molecule has 2 nitrogen and oxygen atoms in total. The van der Waals surface area contributed by atoms with E-state index in [4.69, 9.17) is 0 Å². The summed E-state index contributed by atoms with van der Waals surface area (Å²) in [5, 5.41) is 9.22. The molecule has 0 aromatic carbocycles. The Bertz CT molecular complexity index is 278. The van der Waals surface area contributed by atoms with Crippen LogP contribution in [0.15, 0.2) is 12.1 Å². The zero-order chi connectivity index (χ0) is 10.6. The summed E-state index contributed by atoms with van der Waals surface area (Å²) in [6.45, 7) is 6.72. The fourth-order valence-corrected chi connectivity index (χ4v) is 1.87. The maximum absolute atomic E-state index is 9.22. The molecule has 0 aliphatic heterocycles. The summed E-state index contributed by atoms with van der Waals surface area (Å²) in [6.07, 6.45) is 3.37. The molecule has 0 fully saturated rings. The number of aryl methyl sites for hydroxylation is 1. The lowest BCUT2D eigenvalue weighted by atomic mass is 10.2. The second-order valence-corrected chi connectivity index (χ2v) is 3.85. The lowest BCUT2D eigenvalue weighted by molar-refractivity contribution is 0.265. The summed E-state index contributed by atoms with van der Waals surface area (Å²) in [4.78, 5) is 0. The van der Waals surface area contributed by atoms with Crippen LogP contribution in [0.25, 0.3) is 0 Å². The molecule has 0 amide bonds. The van der Waals surface area contributed by atoms with Gasteiger partial charge in [0, 0.05) is 17.4 Å². The molecule has 0 unspecified atom stereocenters. The standard InChI is InChI=1S/C12H21NO/c1-4-6-11-7-8-12(9-14)13(11)10(3)5-2/h7-8,10,14H,4-6,9H2,1-3H3/t10-/m1/s1. The fourth-order valence-electron chi connectivity index (χ4n) is 1.87. The maximum Gasteiger partial charge on any atom is 0.0833 e. The van der Waals surface area contributed by atoms with Crippen LogP contribution < -0.4 is 0 Å². The molecule has 0 saturated heterocycles. The minimum atomic E-state index is 0.147. The van der Waals surface area contributed by atoms with Crippen LogP contribution in [0.5, 0.6) is 0 Å². The van der Waals surface area contributed by atoms with Crippen LogP contribution in [0, 0.1) is 0 Å². The molecular formula is C12H21NO. The summed E-state index contributed by atoms with van der Waals surface area (Å²) in [5.74, 6) is 0. The average Bonchev–Trinajstić information content (AvgIpc) is 2.60. The van der Waals surface area contributed by atoms with E-state index in [0.29, 0.717) is 6.04 Å². The number of rotatable bonds is 5. The number of aromatic nitrogens is 1. The summed E-state index contributed by atoms with van der Waals surface area (Å²) in [7, 11) is 0. The van der Waals surface area contributed by atoms with Crippen molar-refractivity contribution in [2.24, 2.45) is 0 Å². The van der Waals surface area contributed by atoms with Gasteiger partial charge in [0.1, 0.15) is 0 Å². The van der Waals surface area contributed by atoms with Gasteiger partial charge in [0.25, 0.3) is 0 Å². The average molecular weight is 195 g/mol. The van der Waals surface area contributed by atoms with Gasteiger partial charge in [-0.25, -0.2) is 0 Å². The van der Waals surface area contributed by atoms with Crippen LogP contribution in [-0.4, -0.2) is 9.67 Å². The van der Waals surface area contributed by atoms with Crippen LogP contribution in [0.4, 0.5) is 0 Å². The van der Waals surface area contributed by atoms with Gasteiger partial charge in [-0.05, 0) is 31.9 Å². The Morgan fingerprint density at radius 1 is 1.29 bits per heavy atom. The predicted molar refractivity (Wildman–Crippen MR) is 59.4 cm³/mol. The van der Waals surface area contributed by atoms with Crippen molar-refractivity contribution in [1.29, 1.82) is 0 Å². The van der Waals surface area contributed by atoms with E-state index in [0.717, 1.165) is 25.0 Å². The molecule has 80 valence electrons. The van der Waals surface area contributed by atoms with Crippen molar-refractivity contribution in [3.05, 3.63) is 23.5 Å². The Kier molecular flexibility index (Phi) is 4.21. The van der Waals surface area contributed by atoms with Gasteiger partial charge in [-0.15, -0.1) is 0 Å². The molecule has 0 aliphatic rings. The minimum absolute atomic E-state index is 0.147. The molecule has 0 aliphatic carbocycles.